The summed E-state index contributed by atoms with van der Waals surface area (Å²) in [5.41, 5.74) is 2.47. The smallest absolute Gasteiger partial charge is 0.246 e. The molecule has 0 saturated heterocycles. The predicted octanol–water partition coefficient (Wildman–Crippen LogP) is 3.21. The van der Waals surface area contributed by atoms with Crippen molar-refractivity contribution in [2.24, 2.45) is 0 Å². The Morgan fingerprint density at radius 3 is 2.46 bits per heavy atom. The number of benzene rings is 1. The topological polar surface area (TPSA) is 88.0 Å². The summed E-state index contributed by atoms with van der Waals surface area (Å²) in [6.45, 7) is 8.12. The number of anilines is 4. The van der Waals surface area contributed by atoms with Gasteiger partial charge in [-0.15, -0.1) is 0 Å². The van der Waals surface area contributed by atoms with Crippen LogP contribution in [0.2, 0.25) is 0 Å². The number of hydrogen-bond donors (Lipinski definition) is 2. The van der Waals surface area contributed by atoms with Crippen molar-refractivity contribution in [1.29, 1.82) is 0 Å². The minimum atomic E-state index is -0.129. The maximum atomic E-state index is 12.0. The molecule has 0 saturated carbocycles. The molecule has 2 heterocycles. The molecule has 1 aromatic carbocycles. The van der Waals surface area contributed by atoms with Crippen LogP contribution in [0.4, 0.5) is 23.1 Å². The molecule has 2 aromatic heterocycles. The van der Waals surface area contributed by atoms with Gasteiger partial charge in [-0.05, 0) is 51.1 Å². The van der Waals surface area contributed by atoms with Crippen molar-refractivity contribution >= 4 is 29.0 Å². The fourth-order valence-electron chi connectivity index (χ4n) is 2.83. The second-order valence-corrected chi connectivity index (χ2v) is 6.32. The Balaban J connectivity index is 1.65. The van der Waals surface area contributed by atoms with Crippen molar-refractivity contribution in [2.45, 2.75) is 27.3 Å². The van der Waals surface area contributed by atoms with E-state index in [-0.39, 0.29) is 12.5 Å². The quantitative estimate of drug-likeness (QED) is 0.625. The monoisotopic (exact) mass is 379 g/mol. The molecule has 0 aliphatic heterocycles. The van der Waals surface area contributed by atoms with E-state index < -0.39 is 0 Å². The normalized spacial score (nSPS) is 10.5. The van der Waals surface area contributed by atoms with E-state index in [4.69, 9.17) is 0 Å². The molecule has 1 amide bonds. The minimum absolute atomic E-state index is 0.129. The molecule has 0 radical (unpaired) electrons. The molecule has 28 heavy (non-hydrogen) atoms. The lowest BCUT2D eigenvalue weighted by Crippen LogP contribution is -2.23. The summed E-state index contributed by atoms with van der Waals surface area (Å²) in [5.74, 6) is 1.33. The maximum absolute atomic E-state index is 12.0. The largest absolute Gasteiger partial charge is 0.357 e. The summed E-state index contributed by atoms with van der Waals surface area (Å²) >= 11 is 0. The van der Waals surface area contributed by atoms with Gasteiger partial charge in [0.2, 0.25) is 11.9 Å². The molecule has 0 aliphatic rings. The van der Waals surface area contributed by atoms with Crippen LogP contribution in [0.1, 0.15) is 19.5 Å². The molecule has 0 fully saturated rings. The minimum Gasteiger partial charge on any atom is -0.357 e. The zero-order chi connectivity index (χ0) is 19.9. The number of rotatable bonds is 8. The Labute approximate surface area is 164 Å². The van der Waals surface area contributed by atoms with Crippen molar-refractivity contribution in [3.8, 4) is 0 Å². The Bertz CT molecular complexity index is 903. The molecule has 146 valence electrons. The van der Waals surface area contributed by atoms with E-state index in [0.717, 1.165) is 36.0 Å². The van der Waals surface area contributed by atoms with Gasteiger partial charge >= 0.3 is 0 Å². The van der Waals surface area contributed by atoms with Gasteiger partial charge in [-0.3, -0.25) is 9.48 Å². The van der Waals surface area contributed by atoms with Gasteiger partial charge in [0.05, 0.1) is 0 Å². The molecule has 8 nitrogen and oxygen atoms in total. The number of hydrogen-bond acceptors (Lipinski definition) is 6. The fraction of sp³-hybridized carbons (Fsp3) is 0.300. The van der Waals surface area contributed by atoms with Crippen molar-refractivity contribution in [1.82, 2.24) is 19.7 Å². The molecule has 2 N–H and O–H groups in total. The summed E-state index contributed by atoms with van der Waals surface area (Å²) in [7, 11) is 0. The highest BCUT2D eigenvalue weighted by Gasteiger charge is 2.08. The van der Waals surface area contributed by atoms with Gasteiger partial charge < -0.3 is 15.5 Å². The van der Waals surface area contributed by atoms with E-state index in [1.165, 1.54) is 0 Å². The highest BCUT2D eigenvalue weighted by Crippen LogP contribution is 2.20. The van der Waals surface area contributed by atoms with Crippen LogP contribution in [0.3, 0.4) is 0 Å². The van der Waals surface area contributed by atoms with E-state index >= 15 is 0 Å². The molecular formula is C20H25N7O. The standard InChI is InChI=1S/C20H25N7O/c1-4-26(5-2)18-13-15(3)22-20(25-18)24-17-9-7-16(8-10-17)23-19(28)14-27-12-6-11-21-27/h6-13H,4-5,14H2,1-3H3,(H,23,28)(H,22,24,25). The zero-order valence-electron chi connectivity index (χ0n) is 16.4. The van der Waals surface area contributed by atoms with E-state index in [9.17, 15) is 4.79 Å². The second-order valence-electron chi connectivity index (χ2n) is 6.32. The van der Waals surface area contributed by atoms with Crippen molar-refractivity contribution in [3.63, 3.8) is 0 Å². The van der Waals surface area contributed by atoms with Crippen LogP contribution < -0.4 is 15.5 Å². The highest BCUT2D eigenvalue weighted by molar-refractivity contribution is 5.90. The molecule has 3 rings (SSSR count). The average molecular weight is 379 g/mol. The van der Waals surface area contributed by atoms with Gasteiger partial charge in [0, 0.05) is 48.6 Å². The third kappa shape index (κ3) is 5.06. The summed E-state index contributed by atoms with van der Waals surface area (Å²) in [6.07, 6.45) is 3.40. The average Bonchev–Trinajstić information content (AvgIpc) is 3.17. The van der Waals surface area contributed by atoms with Gasteiger partial charge in [-0.1, -0.05) is 0 Å². The van der Waals surface area contributed by atoms with Crippen LogP contribution in [0.25, 0.3) is 0 Å². The number of carbonyl (C=O) groups excluding carboxylic acids is 1. The van der Waals surface area contributed by atoms with Gasteiger partial charge in [0.1, 0.15) is 12.4 Å². The SMILES string of the molecule is CCN(CC)c1cc(C)nc(Nc2ccc(NC(=O)Cn3cccn3)cc2)n1. The molecule has 0 bridgehead atoms. The first-order chi connectivity index (χ1) is 13.6. The Hall–Kier alpha value is -3.42. The maximum Gasteiger partial charge on any atom is 0.246 e. The lowest BCUT2D eigenvalue weighted by molar-refractivity contribution is -0.116. The summed E-state index contributed by atoms with van der Waals surface area (Å²) in [4.78, 5) is 23.3. The summed E-state index contributed by atoms with van der Waals surface area (Å²) in [6, 6.07) is 11.2. The molecular weight excluding hydrogens is 354 g/mol. The molecule has 0 spiro atoms. The van der Waals surface area contributed by atoms with E-state index in [1.54, 1.807) is 23.1 Å². The van der Waals surface area contributed by atoms with Crippen molar-refractivity contribution < 1.29 is 4.79 Å². The van der Waals surface area contributed by atoms with Crippen LogP contribution in [-0.4, -0.2) is 38.7 Å². The van der Waals surface area contributed by atoms with Crippen LogP contribution in [-0.2, 0) is 11.3 Å². The lowest BCUT2D eigenvalue weighted by Gasteiger charge is -2.20. The number of amides is 1. The van der Waals surface area contributed by atoms with Gasteiger partial charge in [0.25, 0.3) is 0 Å². The molecule has 3 aromatic rings. The highest BCUT2D eigenvalue weighted by atomic mass is 16.2. The van der Waals surface area contributed by atoms with Gasteiger partial charge in [0.15, 0.2) is 0 Å². The first-order valence-corrected chi connectivity index (χ1v) is 9.32. The van der Waals surface area contributed by atoms with Crippen LogP contribution in [0.15, 0.2) is 48.8 Å². The first-order valence-electron chi connectivity index (χ1n) is 9.32. The Morgan fingerprint density at radius 1 is 1.11 bits per heavy atom. The summed E-state index contributed by atoms with van der Waals surface area (Å²) < 4.78 is 1.58. The van der Waals surface area contributed by atoms with Crippen LogP contribution in [0, 0.1) is 6.92 Å². The fourth-order valence-corrected chi connectivity index (χ4v) is 2.83. The number of aryl methyl sites for hydroxylation is 1. The summed E-state index contributed by atoms with van der Waals surface area (Å²) in [5, 5.41) is 10.1. The third-order valence-corrected chi connectivity index (χ3v) is 4.22. The Kier molecular flexibility index (Phi) is 6.21. The first kappa shape index (κ1) is 19.3. The van der Waals surface area contributed by atoms with Crippen LogP contribution >= 0.6 is 0 Å². The number of nitrogens with one attached hydrogen (secondary N) is 2. The number of carbonyl (C=O) groups is 1. The van der Waals surface area contributed by atoms with Crippen LogP contribution in [0.5, 0.6) is 0 Å². The zero-order valence-corrected chi connectivity index (χ0v) is 16.4. The molecule has 0 atom stereocenters. The van der Waals surface area contributed by atoms with E-state index in [1.807, 2.05) is 37.3 Å². The van der Waals surface area contributed by atoms with Crippen molar-refractivity contribution in [3.05, 3.63) is 54.5 Å². The van der Waals surface area contributed by atoms with Gasteiger partial charge in [-0.2, -0.15) is 10.1 Å². The third-order valence-electron chi connectivity index (χ3n) is 4.22. The molecule has 0 unspecified atom stereocenters. The van der Waals surface area contributed by atoms with E-state index in [0.29, 0.717) is 5.95 Å². The lowest BCUT2D eigenvalue weighted by atomic mass is 10.2. The number of nitrogens with zero attached hydrogens (tertiary/aromatic N) is 5. The second kappa shape index (κ2) is 8.98. The van der Waals surface area contributed by atoms with Crippen molar-refractivity contribution in [2.75, 3.05) is 28.6 Å². The predicted molar refractivity (Wildman–Crippen MR) is 111 cm³/mol. The number of aromatic nitrogens is 4. The Morgan fingerprint density at radius 2 is 1.82 bits per heavy atom. The van der Waals surface area contributed by atoms with Gasteiger partial charge in [-0.25, -0.2) is 4.98 Å². The van der Waals surface area contributed by atoms with E-state index in [2.05, 4.69) is 44.4 Å². The molecule has 0 aliphatic carbocycles. The molecule has 8 heteroatoms.